The van der Waals surface area contributed by atoms with E-state index in [1.54, 1.807) is 24.1 Å². The molecule has 0 radical (unpaired) electrons. The first-order chi connectivity index (χ1) is 7.78. The lowest BCUT2D eigenvalue weighted by Gasteiger charge is -2.19. The molecule has 0 bridgehead atoms. The number of aryl methyl sites for hydroxylation is 1. The molecular formula is C10H17ClN2O3S. The summed E-state index contributed by atoms with van der Waals surface area (Å²) < 4.78 is 29.2. The third kappa shape index (κ3) is 5.41. The standard InChI is InChI=1S/C10H17ClN2O3S/c1-8(2)9(7-17(11,14)15)6-16-10-4-12-13(3)5-10/h4-5,8-9H,6-7H2,1-3H3. The van der Waals surface area contributed by atoms with E-state index in [9.17, 15) is 8.42 Å². The van der Waals surface area contributed by atoms with E-state index >= 15 is 0 Å². The molecule has 0 fully saturated rings. The SMILES string of the molecule is CC(C)C(COc1cnn(C)c1)CS(=O)(=O)Cl. The monoisotopic (exact) mass is 280 g/mol. The third-order valence-corrected chi connectivity index (χ3v) is 3.71. The number of rotatable bonds is 6. The fraction of sp³-hybridized carbons (Fsp3) is 0.700. The van der Waals surface area contributed by atoms with Gasteiger partial charge in [0.15, 0.2) is 5.75 Å². The lowest BCUT2D eigenvalue weighted by molar-refractivity contribution is 0.225. The second-order valence-electron chi connectivity index (χ2n) is 4.37. The highest BCUT2D eigenvalue weighted by atomic mass is 35.7. The first-order valence-electron chi connectivity index (χ1n) is 5.31. The molecule has 1 rings (SSSR count). The summed E-state index contributed by atoms with van der Waals surface area (Å²) in [7, 11) is 3.55. The zero-order chi connectivity index (χ0) is 13.1. The maximum absolute atomic E-state index is 11.1. The summed E-state index contributed by atoms with van der Waals surface area (Å²) in [6.07, 6.45) is 3.32. The van der Waals surface area contributed by atoms with Crippen LogP contribution < -0.4 is 4.74 Å². The number of nitrogens with zero attached hydrogens (tertiary/aromatic N) is 2. The Labute approximate surface area is 106 Å². The van der Waals surface area contributed by atoms with E-state index in [2.05, 4.69) is 5.10 Å². The minimum Gasteiger partial charge on any atom is -0.490 e. The predicted octanol–water partition coefficient (Wildman–Crippen LogP) is 1.64. The van der Waals surface area contributed by atoms with Crippen LogP contribution in [0.3, 0.4) is 0 Å². The maximum atomic E-state index is 11.1. The van der Waals surface area contributed by atoms with Gasteiger partial charge in [-0.05, 0) is 5.92 Å². The Morgan fingerprint density at radius 3 is 2.59 bits per heavy atom. The highest BCUT2D eigenvalue weighted by Gasteiger charge is 2.21. The molecule has 0 aromatic carbocycles. The second kappa shape index (κ2) is 5.73. The zero-order valence-electron chi connectivity index (χ0n) is 10.1. The van der Waals surface area contributed by atoms with Crippen LogP contribution in [0.2, 0.25) is 0 Å². The summed E-state index contributed by atoms with van der Waals surface area (Å²) in [6, 6.07) is 0. The molecule has 98 valence electrons. The van der Waals surface area contributed by atoms with Crippen LogP contribution in [0.15, 0.2) is 12.4 Å². The van der Waals surface area contributed by atoms with E-state index in [-0.39, 0.29) is 17.6 Å². The third-order valence-electron chi connectivity index (χ3n) is 2.50. The Hall–Kier alpha value is -0.750. The van der Waals surface area contributed by atoms with Crippen LogP contribution in [-0.2, 0) is 16.1 Å². The highest BCUT2D eigenvalue weighted by molar-refractivity contribution is 8.13. The summed E-state index contributed by atoms with van der Waals surface area (Å²) in [4.78, 5) is 0. The summed E-state index contributed by atoms with van der Waals surface area (Å²) in [6.45, 7) is 4.20. The van der Waals surface area contributed by atoms with Gasteiger partial charge in [-0.25, -0.2) is 8.42 Å². The summed E-state index contributed by atoms with van der Waals surface area (Å²) in [5.41, 5.74) is 0. The van der Waals surface area contributed by atoms with Crippen molar-refractivity contribution in [3.05, 3.63) is 12.4 Å². The Bertz CT molecular complexity index is 456. The lowest BCUT2D eigenvalue weighted by atomic mass is 9.99. The van der Waals surface area contributed by atoms with Gasteiger partial charge < -0.3 is 4.74 Å². The molecule has 0 aliphatic rings. The van der Waals surface area contributed by atoms with Crippen molar-refractivity contribution in [1.82, 2.24) is 9.78 Å². The van der Waals surface area contributed by atoms with E-state index in [0.717, 1.165) is 0 Å². The van der Waals surface area contributed by atoms with Gasteiger partial charge >= 0.3 is 0 Å². The molecule has 1 heterocycles. The summed E-state index contributed by atoms with van der Waals surface area (Å²) in [5, 5.41) is 3.96. The Kier molecular flexibility index (Phi) is 4.82. The molecule has 0 aliphatic carbocycles. The molecule has 0 aliphatic heterocycles. The molecule has 17 heavy (non-hydrogen) atoms. The van der Waals surface area contributed by atoms with Crippen LogP contribution >= 0.6 is 10.7 Å². The lowest BCUT2D eigenvalue weighted by Crippen LogP contribution is -2.24. The minimum atomic E-state index is -3.50. The van der Waals surface area contributed by atoms with Crippen molar-refractivity contribution in [2.24, 2.45) is 18.9 Å². The van der Waals surface area contributed by atoms with Crippen molar-refractivity contribution in [2.45, 2.75) is 13.8 Å². The molecule has 0 saturated carbocycles. The normalized spacial score (nSPS) is 13.9. The van der Waals surface area contributed by atoms with Gasteiger partial charge in [-0.2, -0.15) is 5.10 Å². The van der Waals surface area contributed by atoms with Crippen molar-refractivity contribution in [1.29, 1.82) is 0 Å². The number of hydrogen-bond acceptors (Lipinski definition) is 4. The van der Waals surface area contributed by atoms with Crippen LogP contribution in [0.4, 0.5) is 0 Å². The predicted molar refractivity (Wildman–Crippen MR) is 66.7 cm³/mol. The molecule has 0 spiro atoms. The van der Waals surface area contributed by atoms with Crippen molar-refractivity contribution in [2.75, 3.05) is 12.4 Å². The molecular weight excluding hydrogens is 264 g/mol. The van der Waals surface area contributed by atoms with Crippen molar-refractivity contribution in [3.8, 4) is 5.75 Å². The van der Waals surface area contributed by atoms with Gasteiger partial charge in [0.1, 0.15) is 0 Å². The van der Waals surface area contributed by atoms with E-state index in [4.69, 9.17) is 15.4 Å². The maximum Gasteiger partial charge on any atom is 0.233 e. The molecule has 1 unspecified atom stereocenters. The molecule has 1 aromatic rings. The molecule has 0 N–H and O–H groups in total. The number of hydrogen-bond donors (Lipinski definition) is 0. The number of aromatic nitrogens is 2. The largest absolute Gasteiger partial charge is 0.490 e. The smallest absolute Gasteiger partial charge is 0.233 e. The van der Waals surface area contributed by atoms with E-state index in [1.165, 1.54) is 0 Å². The second-order valence-corrected chi connectivity index (χ2v) is 7.19. The van der Waals surface area contributed by atoms with Crippen LogP contribution in [0, 0.1) is 11.8 Å². The first-order valence-corrected chi connectivity index (χ1v) is 7.79. The van der Waals surface area contributed by atoms with Gasteiger partial charge in [-0.3, -0.25) is 4.68 Å². The molecule has 1 aromatic heterocycles. The number of halogens is 1. The molecule has 0 saturated heterocycles. The minimum absolute atomic E-state index is 0.0769. The van der Waals surface area contributed by atoms with Crippen LogP contribution in [0.1, 0.15) is 13.8 Å². The Morgan fingerprint density at radius 1 is 1.53 bits per heavy atom. The molecule has 5 nitrogen and oxygen atoms in total. The van der Waals surface area contributed by atoms with E-state index < -0.39 is 9.05 Å². The van der Waals surface area contributed by atoms with Gasteiger partial charge in [0.25, 0.3) is 0 Å². The van der Waals surface area contributed by atoms with E-state index in [0.29, 0.717) is 12.4 Å². The average molecular weight is 281 g/mol. The van der Waals surface area contributed by atoms with Gasteiger partial charge in [0, 0.05) is 23.6 Å². The van der Waals surface area contributed by atoms with E-state index in [1.807, 2.05) is 13.8 Å². The van der Waals surface area contributed by atoms with Crippen LogP contribution in [0.5, 0.6) is 5.75 Å². The summed E-state index contributed by atoms with van der Waals surface area (Å²) in [5.74, 6) is 0.606. The quantitative estimate of drug-likeness (QED) is 0.743. The van der Waals surface area contributed by atoms with Crippen LogP contribution in [-0.4, -0.2) is 30.6 Å². The van der Waals surface area contributed by atoms with Crippen molar-refractivity contribution in [3.63, 3.8) is 0 Å². The van der Waals surface area contributed by atoms with Crippen LogP contribution in [0.25, 0.3) is 0 Å². The molecule has 7 heteroatoms. The fourth-order valence-corrected chi connectivity index (χ4v) is 2.84. The summed E-state index contributed by atoms with van der Waals surface area (Å²) >= 11 is 0. The zero-order valence-corrected chi connectivity index (χ0v) is 11.7. The molecule has 1 atom stereocenters. The van der Waals surface area contributed by atoms with Gasteiger partial charge in [-0.15, -0.1) is 0 Å². The first kappa shape index (κ1) is 14.3. The highest BCUT2D eigenvalue weighted by Crippen LogP contribution is 2.18. The number of ether oxygens (including phenoxy) is 1. The topological polar surface area (TPSA) is 61.2 Å². The van der Waals surface area contributed by atoms with Crippen molar-refractivity contribution < 1.29 is 13.2 Å². The fourth-order valence-electron chi connectivity index (χ4n) is 1.37. The van der Waals surface area contributed by atoms with Gasteiger partial charge in [0.05, 0.1) is 24.8 Å². The van der Waals surface area contributed by atoms with Crippen molar-refractivity contribution >= 4 is 19.7 Å². The Morgan fingerprint density at radius 2 is 2.18 bits per heavy atom. The van der Waals surface area contributed by atoms with Gasteiger partial charge in [0.2, 0.25) is 9.05 Å². The average Bonchev–Trinajstić information content (AvgIpc) is 2.56. The van der Waals surface area contributed by atoms with Gasteiger partial charge in [-0.1, -0.05) is 13.8 Å². The molecule has 0 amide bonds. The Balaban J connectivity index is 2.56.